The van der Waals surface area contributed by atoms with Crippen molar-refractivity contribution in [3.63, 3.8) is 0 Å². The van der Waals surface area contributed by atoms with E-state index in [9.17, 15) is 5.11 Å². The molecule has 0 amide bonds. The van der Waals surface area contributed by atoms with E-state index in [2.05, 4.69) is 0 Å². The van der Waals surface area contributed by atoms with E-state index >= 15 is 0 Å². The van der Waals surface area contributed by atoms with Crippen molar-refractivity contribution in [3.8, 4) is 5.75 Å². The summed E-state index contributed by atoms with van der Waals surface area (Å²) in [6, 6.07) is 7.96. The molecule has 1 heterocycles. The molecule has 1 aromatic carbocycles. The lowest BCUT2D eigenvalue weighted by molar-refractivity contribution is -0.136. The van der Waals surface area contributed by atoms with Crippen LogP contribution in [-0.4, -0.2) is 32.0 Å². The number of ether oxygens (including phenoxy) is 2. The molecular formula is C12H16O3. The minimum absolute atomic E-state index is 0.0470. The van der Waals surface area contributed by atoms with Gasteiger partial charge in [-0.2, -0.15) is 0 Å². The maximum absolute atomic E-state index is 9.29. The average molecular weight is 208 g/mol. The van der Waals surface area contributed by atoms with Gasteiger partial charge >= 0.3 is 0 Å². The summed E-state index contributed by atoms with van der Waals surface area (Å²) in [5.74, 6) is 0.863. The smallest absolute Gasteiger partial charge is 0.118 e. The molecule has 0 radical (unpaired) electrons. The molecule has 1 saturated heterocycles. The van der Waals surface area contributed by atoms with Crippen LogP contribution in [0.5, 0.6) is 5.75 Å². The highest BCUT2D eigenvalue weighted by molar-refractivity contribution is 5.28. The molecule has 3 nitrogen and oxygen atoms in total. The van der Waals surface area contributed by atoms with Gasteiger partial charge in [-0.05, 0) is 24.1 Å². The van der Waals surface area contributed by atoms with Crippen molar-refractivity contribution < 1.29 is 14.6 Å². The number of rotatable bonds is 4. The lowest BCUT2D eigenvalue weighted by atomic mass is 9.81. The van der Waals surface area contributed by atoms with Crippen LogP contribution in [0.2, 0.25) is 0 Å². The first-order chi connectivity index (χ1) is 7.28. The fraction of sp³-hybridized carbons (Fsp3) is 0.500. The zero-order chi connectivity index (χ0) is 10.7. The third kappa shape index (κ3) is 2.13. The number of aliphatic hydroxyl groups is 1. The van der Waals surface area contributed by atoms with E-state index in [4.69, 9.17) is 9.47 Å². The minimum Gasteiger partial charge on any atom is -0.497 e. The zero-order valence-electron chi connectivity index (χ0n) is 8.90. The second kappa shape index (κ2) is 4.21. The van der Waals surface area contributed by atoms with E-state index in [0.29, 0.717) is 13.2 Å². The first-order valence-corrected chi connectivity index (χ1v) is 5.10. The largest absolute Gasteiger partial charge is 0.497 e. The molecule has 0 spiro atoms. The third-order valence-electron chi connectivity index (χ3n) is 2.89. The minimum atomic E-state index is -0.0470. The second-order valence-corrected chi connectivity index (χ2v) is 4.18. The first kappa shape index (κ1) is 10.5. The summed E-state index contributed by atoms with van der Waals surface area (Å²) in [4.78, 5) is 0. The Morgan fingerprint density at radius 3 is 2.40 bits per heavy atom. The summed E-state index contributed by atoms with van der Waals surface area (Å²) in [5.41, 5.74) is 1.17. The SMILES string of the molecule is COc1ccc(CC2(CO)COC2)cc1. The standard InChI is InChI=1S/C12H16O3/c1-14-11-4-2-10(3-5-11)6-12(7-13)8-15-9-12/h2-5,13H,6-9H2,1H3. The lowest BCUT2D eigenvalue weighted by Crippen LogP contribution is -2.47. The van der Waals surface area contributed by atoms with E-state index in [1.54, 1.807) is 7.11 Å². The number of aliphatic hydroxyl groups excluding tert-OH is 1. The predicted molar refractivity (Wildman–Crippen MR) is 57.0 cm³/mol. The van der Waals surface area contributed by atoms with E-state index in [-0.39, 0.29) is 12.0 Å². The monoisotopic (exact) mass is 208 g/mol. The first-order valence-electron chi connectivity index (χ1n) is 5.10. The van der Waals surface area contributed by atoms with Gasteiger partial charge in [0.1, 0.15) is 5.75 Å². The average Bonchev–Trinajstić information content (AvgIpc) is 2.24. The van der Waals surface area contributed by atoms with Crippen LogP contribution in [0, 0.1) is 5.41 Å². The van der Waals surface area contributed by atoms with Crippen molar-refractivity contribution >= 4 is 0 Å². The molecule has 0 atom stereocenters. The molecule has 1 fully saturated rings. The Bertz CT molecular complexity index is 309. The third-order valence-corrected chi connectivity index (χ3v) is 2.89. The highest BCUT2D eigenvalue weighted by Gasteiger charge is 2.37. The quantitative estimate of drug-likeness (QED) is 0.809. The Labute approximate surface area is 89.6 Å². The van der Waals surface area contributed by atoms with Crippen molar-refractivity contribution in [2.75, 3.05) is 26.9 Å². The van der Waals surface area contributed by atoms with Crippen molar-refractivity contribution in [1.82, 2.24) is 0 Å². The molecule has 0 saturated carbocycles. The number of benzene rings is 1. The summed E-state index contributed by atoms with van der Waals surface area (Å²) in [7, 11) is 1.66. The molecule has 1 aliphatic heterocycles. The van der Waals surface area contributed by atoms with Crippen molar-refractivity contribution in [1.29, 1.82) is 0 Å². The van der Waals surface area contributed by atoms with Crippen molar-refractivity contribution in [2.24, 2.45) is 5.41 Å². The fourth-order valence-corrected chi connectivity index (χ4v) is 1.82. The van der Waals surface area contributed by atoms with E-state index in [0.717, 1.165) is 12.2 Å². The van der Waals surface area contributed by atoms with Crippen LogP contribution in [0.25, 0.3) is 0 Å². The normalized spacial score (nSPS) is 18.3. The number of hydrogen-bond acceptors (Lipinski definition) is 3. The van der Waals surface area contributed by atoms with Crippen LogP contribution < -0.4 is 4.74 Å². The molecule has 0 aromatic heterocycles. The molecule has 2 rings (SSSR count). The van der Waals surface area contributed by atoms with Crippen LogP contribution in [0.1, 0.15) is 5.56 Å². The van der Waals surface area contributed by atoms with Crippen molar-refractivity contribution in [2.45, 2.75) is 6.42 Å². The highest BCUT2D eigenvalue weighted by Crippen LogP contribution is 2.31. The molecule has 3 heteroatoms. The van der Waals surface area contributed by atoms with E-state index < -0.39 is 0 Å². The predicted octanol–water partition coefficient (Wildman–Crippen LogP) is 1.25. The summed E-state index contributed by atoms with van der Waals surface area (Å²) in [6.07, 6.45) is 0.869. The summed E-state index contributed by atoms with van der Waals surface area (Å²) < 4.78 is 10.3. The molecule has 15 heavy (non-hydrogen) atoms. The number of hydrogen-bond donors (Lipinski definition) is 1. The van der Waals surface area contributed by atoms with Gasteiger partial charge < -0.3 is 14.6 Å². The summed E-state index contributed by atoms with van der Waals surface area (Å²) >= 11 is 0. The molecule has 1 N–H and O–H groups in total. The molecule has 1 aliphatic rings. The molecule has 0 bridgehead atoms. The van der Waals surface area contributed by atoms with Crippen molar-refractivity contribution in [3.05, 3.63) is 29.8 Å². The maximum atomic E-state index is 9.29. The molecule has 0 aliphatic carbocycles. The molecule has 82 valence electrons. The lowest BCUT2D eigenvalue weighted by Gasteiger charge is -2.40. The zero-order valence-corrected chi connectivity index (χ0v) is 8.90. The van der Waals surface area contributed by atoms with Gasteiger partial charge in [0.2, 0.25) is 0 Å². The number of methoxy groups -OCH3 is 1. The topological polar surface area (TPSA) is 38.7 Å². The van der Waals surface area contributed by atoms with Crippen LogP contribution in [0.4, 0.5) is 0 Å². The Hall–Kier alpha value is -1.06. The van der Waals surface area contributed by atoms with Crippen LogP contribution >= 0.6 is 0 Å². The Kier molecular flexibility index (Phi) is 2.93. The van der Waals surface area contributed by atoms with Crippen LogP contribution in [0.15, 0.2) is 24.3 Å². The molecule has 0 unspecified atom stereocenters. The molecular weight excluding hydrogens is 192 g/mol. The van der Waals surface area contributed by atoms with Gasteiger partial charge in [-0.15, -0.1) is 0 Å². The van der Waals surface area contributed by atoms with Gasteiger partial charge in [-0.25, -0.2) is 0 Å². The fourth-order valence-electron chi connectivity index (χ4n) is 1.82. The summed E-state index contributed by atoms with van der Waals surface area (Å²) in [6.45, 7) is 1.52. The van der Waals surface area contributed by atoms with E-state index in [1.807, 2.05) is 24.3 Å². The second-order valence-electron chi connectivity index (χ2n) is 4.18. The van der Waals surface area contributed by atoms with Gasteiger partial charge in [0.25, 0.3) is 0 Å². The Balaban J connectivity index is 2.03. The van der Waals surface area contributed by atoms with E-state index in [1.165, 1.54) is 5.56 Å². The summed E-state index contributed by atoms with van der Waals surface area (Å²) in [5, 5.41) is 9.29. The van der Waals surface area contributed by atoms with Gasteiger partial charge in [-0.3, -0.25) is 0 Å². The Morgan fingerprint density at radius 1 is 1.33 bits per heavy atom. The van der Waals surface area contributed by atoms with Crippen LogP contribution in [-0.2, 0) is 11.2 Å². The maximum Gasteiger partial charge on any atom is 0.118 e. The van der Waals surface area contributed by atoms with Gasteiger partial charge in [0.15, 0.2) is 0 Å². The van der Waals surface area contributed by atoms with Crippen LogP contribution in [0.3, 0.4) is 0 Å². The molecule has 1 aromatic rings. The van der Waals surface area contributed by atoms with Gasteiger partial charge in [0, 0.05) is 5.41 Å². The highest BCUT2D eigenvalue weighted by atomic mass is 16.5. The Morgan fingerprint density at radius 2 is 2.00 bits per heavy atom. The van der Waals surface area contributed by atoms with Gasteiger partial charge in [-0.1, -0.05) is 12.1 Å². The van der Waals surface area contributed by atoms with Gasteiger partial charge in [0.05, 0.1) is 26.9 Å².